The van der Waals surface area contributed by atoms with Crippen LogP contribution in [-0.4, -0.2) is 17.7 Å². The number of allylic oxidation sites excluding steroid dienone is 2. The number of aliphatic imine (C=N–C) groups is 1. The second-order valence-electron chi connectivity index (χ2n) is 6.11. The lowest BCUT2D eigenvalue weighted by molar-refractivity contribution is -0.115. The second kappa shape index (κ2) is 9.77. The van der Waals surface area contributed by atoms with Crippen LogP contribution in [0.25, 0.3) is 0 Å². The van der Waals surface area contributed by atoms with Gasteiger partial charge in [0.15, 0.2) is 0 Å². The van der Waals surface area contributed by atoms with Crippen molar-refractivity contribution in [1.29, 1.82) is 0 Å². The van der Waals surface area contributed by atoms with E-state index in [4.69, 9.17) is 0 Å². The summed E-state index contributed by atoms with van der Waals surface area (Å²) in [5.41, 5.74) is 0.925. The lowest BCUT2D eigenvalue weighted by Crippen LogP contribution is -2.39. The average molecular weight is 343 g/mol. The third-order valence-corrected chi connectivity index (χ3v) is 4.11. The van der Waals surface area contributed by atoms with Crippen LogP contribution < -0.4 is 10.6 Å². The van der Waals surface area contributed by atoms with Gasteiger partial charge >= 0.3 is 0 Å². The summed E-state index contributed by atoms with van der Waals surface area (Å²) in [5, 5.41) is 6.11. The quantitative estimate of drug-likeness (QED) is 0.744. The Balaban J connectivity index is 2.11. The molecule has 0 heterocycles. The van der Waals surface area contributed by atoms with Crippen LogP contribution in [0.1, 0.15) is 46.0 Å². The van der Waals surface area contributed by atoms with Crippen molar-refractivity contribution < 1.29 is 9.18 Å². The van der Waals surface area contributed by atoms with Crippen molar-refractivity contribution in [2.24, 2.45) is 4.99 Å². The van der Waals surface area contributed by atoms with E-state index in [0.29, 0.717) is 17.2 Å². The number of carbonyl (C=O) groups excluding carboxylic acids is 1. The molecule has 25 heavy (non-hydrogen) atoms. The zero-order valence-electron chi connectivity index (χ0n) is 14.9. The van der Waals surface area contributed by atoms with Gasteiger partial charge in [-0.25, -0.2) is 9.38 Å². The average Bonchev–Trinajstić information content (AvgIpc) is 2.61. The Hall–Kier alpha value is -2.43. The third kappa shape index (κ3) is 6.18. The highest BCUT2D eigenvalue weighted by atomic mass is 19.1. The van der Waals surface area contributed by atoms with Crippen LogP contribution in [0.4, 0.5) is 10.1 Å². The van der Waals surface area contributed by atoms with E-state index >= 15 is 0 Å². The number of hydrogen-bond acceptors (Lipinski definition) is 3. The first kappa shape index (κ1) is 18.9. The van der Waals surface area contributed by atoms with Gasteiger partial charge in [0.25, 0.3) is 5.91 Å². The molecule has 1 saturated carbocycles. The normalized spacial score (nSPS) is 16.9. The molecular weight excluding hydrogens is 317 g/mol. The van der Waals surface area contributed by atoms with Crippen LogP contribution in [0.2, 0.25) is 0 Å². The Bertz CT molecular complexity index is 673. The number of halogens is 1. The molecule has 0 saturated heterocycles. The van der Waals surface area contributed by atoms with Gasteiger partial charge in [-0.2, -0.15) is 0 Å². The molecule has 2 N–H and O–H groups in total. The van der Waals surface area contributed by atoms with Crippen molar-refractivity contribution >= 4 is 17.3 Å². The largest absolute Gasteiger partial charge is 0.348 e. The molecule has 1 aromatic carbocycles. The summed E-state index contributed by atoms with van der Waals surface area (Å²) in [6, 6.07) is 6.36. The summed E-state index contributed by atoms with van der Waals surface area (Å²) in [7, 11) is 0. The van der Waals surface area contributed by atoms with Crippen LogP contribution in [0.15, 0.2) is 53.3 Å². The fourth-order valence-corrected chi connectivity index (χ4v) is 2.84. The van der Waals surface area contributed by atoms with Crippen molar-refractivity contribution in [2.45, 2.75) is 52.0 Å². The summed E-state index contributed by atoms with van der Waals surface area (Å²) in [6.07, 6.45) is 10.8. The molecule has 2 rings (SSSR count). The summed E-state index contributed by atoms with van der Waals surface area (Å²) in [6.45, 7) is 3.66. The molecule has 5 heteroatoms. The van der Waals surface area contributed by atoms with Crippen molar-refractivity contribution in [2.75, 3.05) is 5.32 Å². The molecule has 0 radical (unpaired) electrons. The van der Waals surface area contributed by atoms with E-state index in [-0.39, 0.29) is 17.8 Å². The Morgan fingerprint density at radius 1 is 1.24 bits per heavy atom. The smallest absolute Gasteiger partial charge is 0.270 e. The van der Waals surface area contributed by atoms with Crippen molar-refractivity contribution in [3.05, 3.63) is 54.1 Å². The van der Waals surface area contributed by atoms with E-state index in [1.807, 2.05) is 13.8 Å². The van der Waals surface area contributed by atoms with Crippen LogP contribution in [0.5, 0.6) is 0 Å². The van der Waals surface area contributed by atoms with E-state index in [9.17, 15) is 9.18 Å². The monoisotopic (exact) mass is 343 g/mol. The maximum absolute atomic E-state index is 13.3. The summed E-state index contributed by atoms with van der Waals surface area (Å²) >= 11 is 0. The maximum atomic E-state index is 13.3. The van der Waals surface area contributed by atoms with Crippen molar-refractivity contribution in [3.8, 4) is 0 Å². The minimum absolute atomic E-state index is 0.176. The zero-order chi connectivity index (χ0) is 18.1. The summed E-state index contributed by atoms with van der Waals surface area (Å²) < 4.78 is 13.3. The molecule has 0 aliphatic heterocycles. The molecule has 1 aliphatic carbocycles. The minimum Gasteiger partial charge on any atom is -0.348 e. The lowest BCUT2D eigenvalue weighted by Gasteiger charge is -2.22. The molecule has 1 aromatic rings. The summed E-state index contributed by atoms with van der Waals surface area (Å²) in [5.74, 6) is -0.00367. The van der Waals surface area contributed by atoms with Gasteiger partial charge < -0.3 is 10.6 Å². The molecule has 0 spiro atoms. The molecule has 4 nitrogen and oxygen atoms in total. The van der Waals surface area contributed by atoms with Gasteiger partial charge in [0.05, 0.1) is 0 Å². The molecule has 0 bridgehead atoms. The molecule has 0 unspecified atom stereocenters. The molecular formula is C20H26FN3O. The van der Waals surface area contributed by atoms with Gasteiger partial charge in [-0.05, 0) is 57.0 Å². The van der Waals surface area contributed by atoms with Crippen molar-refractivity contribution in [3.63, 3.8) is 0 Å². The Morgan fingerprint density at radius 3 is 2.64 bits per heavy atom. The molecule has 0 aromatic heterocycles. The highest BCUT2D eigenvalue weighted by Gasteiger charge is 2.18. The number of amides is 1. The first-order valence-corrected chi connectivity index (χ1v) is 8.83. The minimum atomic E-state index is -0.326. The Kier molecular flexibility index (Phi) is 7.38. The molecule has 1 aliphatic rings. The fourth-order valence-electron chi connectivity index (χ4n) is 2.84. The van der Waals surface area contributed by atoms with E-state index in [1.54, 1.807) is 30.4 Å². The van der Waals surface area contributed by atoms with E-state index in [1.165, 1.54) is 18.6 Å². The highest BCUT2D eigenvalue weighted by Crippen LogP contribution is 2.17. The third-order valence-electron chi connectivity index (χ3n) is 4.11. The molecule has 0 atom stereocenters. The van der Waals surface area contributed by atoms with Gasteiger partial charge in [-0.3, -0.25) is 4.79 Å². The number of nitrogens with zero attached hydrogens (tertiary/aromatic N) is 1. The predicted molar refractivity (Wildman–Crippen MR) is 101 cm³/mol. The van der Waals surface area contributed by atoms with Gasteiger partial charge in [-0.15, -0.1) is 0 Å². The van der Waals surface area contributed by atoms with Crippen LogP contribution >= 0.6 is 0 Å². The van der Waals surface area contributed by atoms with Gasteiger partial charge in [0, 0.05) is 11.7 Å². The molecule has 1 fully saturated rings. The first-order chi connectivity index (χ1) is 12.1. The Morgan fingerprint density at radius 2 is 2.00 bits per heavy atom. The number of hydrogen-bond donors (Lipinski definition) is 2. The fraction of sp³-hybridized carbons (Fsp3) is 0.400. The van der Waals surface area contributed by atoms with Crippen molar-refractivity contribution in [1.82, 2.24) is 5.32 Å². The van der Waals surface area contributed by atoms with Gasteiger partial charge in [-0.1, -0.05) is 31.4 Å². The van der Waals surface area contributed by atoms with E-state index in [2.05, 4.69) is 15.6 Å². The number of carbonyl (C=O) groups is 1. The number of anilines is 1. The SMILES string of the molecule is C\C=C/C(=N\C(=C\C)Nc1cccc(F)c1)C(=O)NC1CCCCC1. The first-order valence-electron chi connectivity index (χ1n) is 8.83. The lowest BCUT2D eigenvalue weighted by atomic mass is 9.95. The number of benzene rings is 1. The number of nitrogens with one attached hydrogen (secondary N) is 2. The van der Waals surface area contributed by atoms with Gasteiger partial charge in [0.2, 0.25) is 0 Å². The highest BCUT2D eigenvalue weighted by molar-refractivity contribution is 6.43. The topological polar surface area (TPSA) is 53.5 Å². The van der Waals surface area contributed by atoms with Crippen LogP contribution in [0, 0.1) is 5.82 Å². The second-order valence-corrected chi connectivity index (χ2v) is 6.11. The number of rotatable bonds is 6. The van der Waals surface area contributed by atoms with Crippen LogP contribution in [-0.2, 0) is 4.79 Å². The molecule has 1 amide bonds. The van der Waals surface area contributed by atoms with E-state index in [0.717, 1.165) is 25.7 Å². The van der Waals surface area contributed by atoms with Gasteiger partial charge in [0.1, 0.15) is 17.3 Å². The zero-order valence-corrected chi connectivity index (χ0v) is 14.9. The summed E-state index contributed by atoms with van der Waals surface area (Å²) in [4.78, 5) is 17.0. The predicted octanol–water partition coefficient (Wildman–Crippen LogP) is 4.56. The van der Waals surface area contributed by atoms with Crippen LogP contribution in [0.3, 0.4) is 0 Å². The molecule has 134 valence electrons. The van der Waals surface area contributed by atoms with E-state index < -0.39 is 0 Å². The maximum Gasteiger partial charge on any atom is 0.270 e. The standard InChI is InChI=1S/C20H26FN3O/c1-3-9-18(20(25)23-16-11-6-5-7-12-16)24-19(4-2)22-17-13-8-10-15(21)14-17/h3-4,8-10,13-14,16,22H,5-7,11-12H2,1-2H3,(H,23,25)/b9-3-,19-4+,24-18+. The Labute approximate surface area is 148 Å².